The Labute approximate surface area is 497 Å². The van der Waals surface area contributed by atoms with Crippen molar-refractivity contribution in [2.24, 2.45) is 5.41 Å². The standard InChI is InChI=1S/C70H85N3O11/c1-5-7-9-11-13-15-17-19-21-23-25-26-28-30-32-34-36-38-50-62(74)73-63(75)52-54-72-66(77)65(70(3,4)56-81-64(76)51-39-37-35-33-31-29-27-24-22-20-18-16-14-12-10-8-6-2)84-69(80)59-47-41-43-49-61(59)83-68(79)58-46-40-42-48-60(58)82-67(78)57-45-44-53-71-55-57/h7-10,13-16,19-22,25-27,29-30,32-33,35-36,38,40-49,53,55,65H,5-6,11-12,17-18,23-24,28,31,34,37,39,50-52,54,56H2,1-4H3,(H,72,77)(H,73,74,75)/b9-7-,10-8-,15-13-,16-14-,21-19-,22-20-,26-25-,29-27-,32-30-,35-33+,38-36-/t65-/m0/s1. The van der Waals surface area contributed by atoms with Gasteiger partial charge in [0.1, 0.15) is 29.2 Å². The van der Waals surface area contributed by atoms with Gasteiger partial charge < -0.3 is 24.3 Å². The van der Waals surface area contributed by atoms with Crippen molar-refractivity contribution in [3.63, 3.8) is 0 Å². The lowest BCUT2D eigenvalue weighted by molar-refractivity contribution is -0.153. The second kappa shape index (κ2) is 43.9. The van der Waals surface area contributed by atoms with Crippen LogP contribution in [0.1, 0.15) is 162 Å². The lowest BCUT2D eigenvalue weighted by Crippen LogP contribution is -2.49. The average Bonchev–Trinajstić information content (AvgIpc) is 3.59. The summed E-state index contributed by atoms with van der Waals surface area (Å²) in [4.78, 5) is 96.9. The first-order valence-electron chi connectivity index (χ1n) is 29.0. The molecule has 3 amide bonds. The summed E-state index contributed by atoms with van der Waals surface area (Å²) >= 11 is 0. The van der Waals surface area contributed by atoms with E-state index >= 15 is 0 Å². The zero-order chi connectivity index (χ0) is 60.7. The minimum absolute atomic E-state index is 0.0277. The van der Waals surface area contributed by atoms with Gasteiger partial charge in [0.2, 0.25) is 11.8 Å². The van der Waals surface area contributed by atoms with Gasteiger partial charge in [-0.15, -0.1) is 0 Å². The van der Waals surface area contributed by atoms with Crippen LogP contribution >= 0.6 is 0 Å². The quantitative estimate of drug-likeness (QED) is 0.0238. The molecular formula is C70H85N3O11. The molecule has 1 aromatic heterocycles. The van der Waals surface area contributed by atoms with Crippen molar-refractivity contribution in [2.75, 3.05) is 13.2 Å². The topological polar surface area (TPSA) is 193 Å². The molecule has 14 heteroatoms. The van der Waals surface area contributed by atoms with Crippen LogP contribution in [0.5, 0.6) is 11.5 Å². The van der Waals surface area contributed by atoms with Gasteiger partial charge in [-0.05, 0) is 120 Å². The zero-order valence-electron chi connectivity index (χ0n) is 49.4. The van der Waals surface area contributed by atoms with Crippen LogP contribution < -0.4 is 20.1 Å². The summed E-state index contributed by atoms with van der Waals surface area (Å²) in [5.74, 6) is -5.64. The summed E-state index contributed by atoms with van der Waals surface area (Å²) in [7, 11) is 0. The fraction of sp³-hybridized carbons (Fsp3) is 0.343. The molecule has 2 N–H and O–H groups in total. The Bertz CT molecular complexity index is 2850. The van der Waals surface area contributed by atoms with Crippen LogP contribution in [0.15, 0.2) is 207 Å². The molecule has 14 nitrogen and oxygen atoms in total. The predicted molar refractivity (Wildman–Crippen MR) is 333 cm³/mol. The fourth-order valence-corrected chi connectivity index (χ4v) is 7.50. The number of imide groups is 1. The van der Waals surface area contributed by atoms with E-state index in [1.165, 1.54) is 60.9 Å². The third kappa shape index (κ3) is 31.4. The number of carbonyl (C=O) groups is 7. The molecule has 446 valence electrons. The summed E-state index contributed by atoms with van der Waals surface area (Å²) in [6.07, 6.45) is 57.7. The van der Waals surface area contributed by atoms with Crippen LogP contribution in [-0.2, 0) is 28.7 Å². The number of aromatic nitrogens is 1. The van der Waals surface area contributed by atoms with Crippen molar-refractivity contribution < 1.29 is 52.5 Å². The number of hydrogen-bond donors (Lipinski definition) is 2. The molecule has 3 rings (SSSR count). The highest BCUT2D eigenvalue weighted by Gasteiger charge is 2.40. The van der Waals surface area contributed by atoms with E-state index in [9.17, 15) is 33.6 Å². The minimum atomic E-state index is -1.62. The van der Waals surface area contributed by atoms with E-state index in [1.54, 1.807) is 32.1 Å². The second-order valence-corrected chi connectivity index (χ2v) is 19.7. The van der Waals surface area contributed by atoms with E-state index < -0.39 is 53.1 Å². The number of benzene rings is 2. The number of rotatable bonds is 39. The SMILES string of the molecule is CC/C=C\C/C=C\C/C=C\C/C=C\C/C=C\C/C=C\CC(=O)NC(=O)CCNC(=O)[C@H](OC(=O)c1ccccc1OC(=O)c1ccccc1OC(=O)c1cccnc1)C(C)(C)COC(=O)CCC/C=C/C/C=C\C/C=C\C/C=C\C/C=C\CC. The molecule has 0 aliphatic heterocycles. The van der Waals surface area contributed by atoms with Gasteiger partial charge >= 0.3 is 23.9 Å². The number of unbranched alkanes of at least 4 members (excludes halogenated alkanes) is 1. The maximum Gasteiger partial charge on any atom is 0.347 e. The molecule has 0 saturated heterocycles. The molecule has 0 aliphatic rings. The molecule has 0 fully saturated rings. The number of hydrogen-bond acceptors (Lipinski definition) is 12. The molecular weight excluding hydrogens is 1060 g/mol. The average molecular weight is 1140 g/mol. The first kappa shape index (κ1) is 69.5. The molecule has 2 aromatic carbocycles. The predicted octanol–water partition coefficient (Wildman–Crippen LogP) is 14.8. The van der Waals surface area contributed by atoms with Crippen molar-refractivity contribution in [3.8, 4) is 11.5 Å². The highest BCUT2D eigenvalue weighted by Crippen LogP contribution is 2.29. The van der Waals surface area contributed by atoms with Gasteiger partial charge in [0.05, 0.1) is 5.56 Å². The van der Waals surface area contributed by atoms with Crippen LogP contribution in [0, 0.1) is 5.41 Å². The molecule has 1 heterocycles. The lowest BCUT2D eigenvalue weighted by atomic mass is 9.86. The number of carbonyl (C=O) groups excluding carboxylic acids is 7. The van der Waals surface area contributed by atoms with Crippen molar-refractivity contribution >= 4 is 41.6 Å². The summed E-state index contributed by atoms with van der Waals surface area (Å²) in [6.45, 7) is 6.81. The van der Waals surface area contributed by atoms with Gasteiger partial charge in [-0.1, -0.05) is 186 Å². The smallest absolute Gasteiger partial charge is 0.347 e. The summed E-state index contributed by atoms with van der Waals surface area (Å²) in [5.41, 5.74) is -1.57. The minimum Gasteiger partial charge on any atom is -0.465 e. The van der Waals surface area contributed by atoms with Crippen LogP contribution in [-0.4, -0.2) is 65.8 Å². The number of esters is 4. The van der Waals surface area contributed by atoms with Gasteiger partial charge in [-0.3, -0.25) is 29.5 Å². The third-order valence-electron chi connectivity index (χ3n) is 12.0. The molecule has 0 bridgehead atoms. The Morgan fingerprint density at radius 2 is 0.964 bits per heavy atom. The Balaban J connectivity index is 1.58. The molecule has 0 aliphatic carbocycles. The number of para-hydroxylation sites is 2. The van der Waals surface area contributed by atoms with Gasteiger partial charge in [0, 0.05) is 43.6 Å². The number of nitrogens with one attached hydrogen (secondary N) is 2. The van der Waals surface area contributed by atoms with E-state index in [0.717, 1.165) is 64.2 Å². The van der Waals surface area contributed by atoms with Gasteiger partial charge in [-0.2, -0.15) is 0 Å². The van der Waals surface area contributed by atoms with Gasteiger partial charge in [-0.25, -0.2) is 14.4 Å². The van der Waals surface area contributed by atoms with E-state index in [4.69, 9.17) is 18.9 Å². The molecule has 0 radical (unpaired) electrons. The highest BCUT2D eigenvalue weighted by molar-refractivity contribution is 6.00. The molecule has 3 aromatic rings. The van der Waals surface area contributed by atoms with Crippen molar-refractivity contribution in [2.45, 2.75) is 137 Å². The summed E-state index contributed by atoms with van der Waals surface area (Å²) in [5, 5.41) is 4.94. The monoisotopic (exact) mass is 1140 g/mol. The fourth-order valence-electron chi connectivity index (χ4n) is 7.50. The lowest BCUT2D eigenvalue weighted by Gasteiger charge is -2.32. The normalized spacial score (nSPS) is 12.7. The van der Waals surface area contributed by atoms with Crippen LogP contribution in [0.4, 0.5) is 0 Å². The number of allylic oxidation sites excluding steroid dienone is 21. The Morgan fingerprint density at radius 3 is 1.45 bits per heavy atom. The van der Waals surface area contributed by atoms with E-state index in [2.05, 4.69) is 127 Å². The Morgan fingerprint density at radius 1 is 0.512 bits per heavy atom. The zero-order valence-corrected chi connectivity index (χ0v) is 49.4. The van der Waals surface area contributed by atoms with Crippen molar-refractivity contribution in [3.05, 3.63) is 223 Å². The molecule has 0 spiro atoms. The van der Waals surface area contributed by atoms with Crippen LogP contribution in [0.3, 0.4) is 0 Å². The van der Waals surface area contributed by atoms with Crippen molar-refractivity contribution in [1.29, 1.82) is 0 Å². The van der Waals surface area contributed by atoms with E-state index in [-0.39, 0.29) is 60.6 Å². The van der Waals surface area contributed by atoms with E-state index in [1.807, 2.05) is 30.4 Å². The Hall–Kier alpha value is -8.78. The molecule has 0 unspecified atom stereocenters. The number of nitrogens with zero attached hydrogens (tertiary/aromatic N) is 1. The first-order chi connectivity index (χ1) is 40.9. The van der Waals surface area contributed by atoms with Gasteiger partial charge in [0.15, 0.2) is 6.10 Å². The summed E-state index contributed by atoms with van der Waals surface area (Å²) in [6, 6.07) is 14.7. The third-order valence-corrected chi connectivity index (χ3v) is 12.0. The number of ether oxygens (including phenoxy) is 4. The second-order valence-electron chi connectivity index (χ2n) is 19.7. The van der Waals surface area contributed by atoms with E-state index in [0.29, 0.717) is 19.3 Å². The number of pyridine rings is 1. The molecule has 0 saturated carbocycles. The number of amides is 3. The first-order valence-corrected chi connectivity index (χ1v) is 29.0. The largest absolute Gasteiger partial charge is 0.465 e. The van der Waals surface area contributed by atoms with Crippen LogP contribution in [0.2, 0.25) is 0 Å². The highest BCUT2D eigenvalue weighted by atomic mass is 16.6. The summed E-state index contributed by atoms with van der Waals surface area (Å²) < 4.78 is 22.7. The maximum atomic E-state index is 14.1. The van der Waals surface area contributed by atoms with Crippen molar-refractivity contribution in [1.82, 2.24) is 15.6 Å². The maximum absolute atomic E-state index is 14.1. The van der Waals surface area contributed by atoms with Gasteiger partial charge in [0.25, 0.3) is 5.91 Å². The molecule has 84 heavy (non-hydrogen) atoms. The Kier molecular flexibility index (Phi) is 36.3. The molecule has 1 atom stereocenters. The van der Waals surface area contributed by atoms with Crippen LogP contribution in [0.25, 0.3) is 0 Å².